The second-order valence-electron chi connectivity index (χ2n) is 4.34. The number of hydrogen-bond donors (Lipinski definition) is 1. The summed E-state index contributed by atoms with van der Waals surface area (Å²) in [5.74, 6) is -0.721. The Kier molecular flexibility index (Phi) is 5.37. The lowest BCUT2D eigenvalue weighted by Gasteiger charge is -2.10. The Hall–Kier alpha value is -3.02. The minimum Gasteiger partial charge on any atom is -0.546 e. The van der Waals surface area contributed by atoms with Crippen molar-refractivity contribution in [2.24, 2.45) is 0 Å². The molecular weight excluding hydrogens is 286 g/mol. The van der Waals surface area contributed by atoms with Crippen LogP contribution in [0.15, 0.2) is 54.6 Å². The maximum absolute atomic E-state index is 11.8. The van der Waals surface area contributed by atoms with Crippen LogP contribution in [0.3, 0.4) is 0 Å². The average molecular weight is 300 g/mol. The van der Waals surface area contributed by atoms with Crippen LogP contribution in [0.1, 0.15) is 0 Å². The largest absolute Gasteiger partial charge is 0.546 e. The molecule has 0 spiro atoms. The minimum atomic E-state index is -1.31. The molecule has 114 valence electrons. The number of aliphatic carboxylic acids is 1. The van der Waals surface area contributed by atoms with Gasteiger partial charge in [0.25, 0.3) is 5.91 Å². The summed E-state index contributed by atoms with van der Waals surface area (Å²) in [6.07, 6.45) is 0. The molecule has 0 aromatic heterocycles. The van der Waals surface area contributed by atoms with Crippen LogP contribution in [-0.4, -0.2) is 25.1 Å². The number of para-hydroxylation sites is 1. The molecule has 0 aliphatic heterocycles. The lowest BCUT2D eigenvalue weighted by Crippen LogP contribution is -2.28. The van der Waals surface area contributed by atoms with Crippen LogP contribution in [0.2, 0.25) is 0 Å². The molecule has 2 rings (SSSR count). The van der Waals surface area contributed by atoms with Crippen molar-refractivity contribution in [3.05, 3.63) is 54.6 Å². The molecule has 0 unspecified atom stereocenters. The summed E-state index contributed by atoms with van der Waals surface area (Å²) in [7, 11) is 0. The fourth-order valence-electron chi connectivity index (χ4n) is 1.67. The number of nitrogens with one attached hydrogen (secondary N) is 1. The zero-order chi connectivity index (χ0) is 15.8. The first-order valence-corrected chi connectivity index (χ1v) is 6.54. The second-order valence-corrected chi connectivity index (χ2v) is 4.34. The van der Waals surface area contributed by atoms with Crippen molar-refractivity contribution in [3.8, 4) is 11.5 Å². The van der Waals surface area contributed by atoms with Gasteiger partial charge in [0.2, 0.25) is 0 Å². The number of hydrogen-bond acceptors (Lipinski definition) is 5. The molecule has 0 bridgehead atoms. The van der Waals surface area contributed by atoms with Gasteiger partial charge in [0, 0.05) is 11.8 Å². The number of benzene rings is 2. The van der Waals surface area contributed by atoms with Gasteiger partial charge in [0.15, 0.2) is 6.61 Å². The first-order valence-electron chi connectivity index (χ1n) is 6.54. The first-order chi connectivity index (χ1) is 10.6. The molecule has 0 radical (unpaired) electrons. The van der Waals surface area contributed by atoms with Crippen molar-refractivity contribution in [1.29, 1.82) is 0 Å². The summed E-state index contributed by atoms with van der Waals surface area (Å²) in [5, 5.41) is 13.0. The molecule has 6 nitrogen and oxygen atoms in total. The van der Waals surface area contributed by atoms with E-state index in [0.29, 0.717) is 17.2 Å². The molecule has 2 aromatic rings. The Labute approximate surface area is 127 Å². The highest BCUT2D eigenvalue weighted by Crippen LogP contribution is 2.17. The fourth-order valence-corrected chi connectivity index (χ4v) is 1.67. The Morgan fingerprint density at radius 3 is 2.32 bits per heavy atom. The van der Waals surface area contributed by atoms with Crippen molar-refractivity contribution in [3.63, 3.8) is 0 Å². The lowest BCUT2D eigenvalue weighted by atomic mass is 10.3. The number of rotatable bonds is 7. The molecule has 0 saturated heterocycles. The second kappa shape index (κ2) is 7.68. The van der Waals surface area contributed by atoms with E-state index in [1.807, 2.05) is 18.2 Å². The van der Waals surface area contributed by atoms with Gasteiger partial charge in [-0.15, -0.1) is 0 Å². The van der Waals surface area contributed by atoms with Crippen molar-refractivity contribution < 1.29 is 24.2 Å². The van der Waals surface area contributed by atoms with Gasteiger partial charge in [0.1, 0.15) is 18.1 Å². The Bertz CT molecular complexity index is 642. The quantitative estimate of drug-likeness (QED) is 0.818. The van der Waals surface area contributed by atoms with Gasteiger partial charge >= 0.3 is 0 Å². The Balaban J connectivity index is 1.85. The lowest BCUT2D eigenvalue weighted by molar-refractivity contribution is -0.307. The van der Waals surface area contributed by atoms with E-state index in [4.69, 9.17) is 9.47 Å². The normalized spacial score (nSPS) is 9.82. The van der Waals surface area contributed by atoms with E-state index in [-0.39, 0.29) is 12.5 Å². The molecule has 1 N–H and O–H groups in total. The van der Waals surface area contributed by atoms with E-state index >= 15 is 0 Å². The molecule has 0 aliphatic rings. The molecule has 1 amide bonds. The third kappa shape index (κ3) is 5.16. The molecule has 0 atom stereocenters. The standard InChI is InChI=1S/C16H15NO5/c18-15(10-21-13-6-2-1-3-7-13)17-12-5-4-8-14(9-12)22-11-16(19)20/h1-9H,10-11H2,(H,17,18)(H,19,20)/p-1. The van der Waals surface area contributed by atoms with Crippen LogP contribution < -0.4 is 19.9 Å². The third-order valence-corrected chi connectivity index (χ3v) is 2.59. The number of carbonyl (C=O) groups is 2. The van der Waals surface area contributed by atoms with E-state index in [1.54, 1.807) is 30.3 Å². The van der Waals surface area contributed by atoms with Crippen LogP contribution in [0.5, 0.6) is 11.5 Å². The van der Waals surface area contributed by atoms with E-state index < -0.39 is 12.6 Å². The average Bonchev–Trinajstić information content (AvgIpc) is 2.52. The molecular formula is C16H14NO5-. The van der Waals surface area contributed by atoms with E-state index in [0.717, 1.165) is 0 Å². The summed E-state index contributed by atoms with van der Waals surface area (Å²) >= 11 is 0. The predicted molar refractivity (Wildman–Crippen MR) is 77.5 cm³/mol. The predicted octanol–water partition coefficient (Wildman–Crippen LogP) is 0.833. The number of carbonyl (C=O) groups excluding carboxylic acids is 2. The molecule has 0 fully saturated rings. The minimum absolute atomic E-state index is 0.131. The Morgan fingerprint density at radius 1 is 0.909 bits per heavy atom. The Morgan fingerprint density at radius 2 is 1.59 bits per heavy atom. The number of amides is 1. The SMILES string of the molecule is O=C([O-])COc1cccc(NC(=O)COc2ccccc2)c1. The summed E-state index contributed by atoms with van der Waals surface area (Å²) < 4.78 is 10.3. The number of carboxylic acids is 1. The van der Waals surface area contributed by atoms with Gasteiger partial charge in [0.05, 0.1) is 5.97 Å². The van der Waals surface area contributed by atoms with Crippen LogP contribution in [0, 0.1) is 0 Å². The van der Waals surface area contributed by atoms with Crippen LogP contribution in [0.25, 0.3) is 0 Å². The van der Waals surface area contributed by atoms with Crippen LogP contribution >= 0.6 is 0 Å². The summed E-state index contributed by atoms with van der Waals surface area (Å²) in [4.78, 5) is 22.1. The molecule has 0 aliphatic carbocycles. The van der Waals surface area contributed by atoms with Crippen molar-refractivity contribution in [1.82, 2.24) is 0 Å². The van der Waals surface area contributed by atoms with Crippen molar-refractivity contribution in [2.45, 2.75) is 0 Å². The van der Waals surface area contributed by atoms with Crippen LogP contribution in [-0.2, 0) is 9.59 Å². The van der Waals surface area contributed by atoms with Gasteiger partial charge in [-0.05, 0) is 24.3 Å². The molecule has 2 aromatic carbocycles. The highest BCUT2D eigenvalue weighted by atomic mass is 16.5. The summed E-state index contributed by atoms with van der Waals surface area (Å²) in [6, 6.07) is 15.4. The zero-order valence-electron chi connectivity index (χ0n) is 11.7. The first kappa shape index (κ1) is 15.4. The maximum Gasteiger partial charge on any atom is 0.262 e. The molecule has 0 saturated carbocycles. The summed E-state index contributed by atoms with van der Waals surface area (Å²) in [6.45, 7) is -0.678. The third-order valence-electron chi connectivity index (χ3n) is 2.59. The molecule has 0 heterocycles. The van der Waals surface area contributed by atoms with Gasteiger partial charge in [-0.3, -0.25) is 4.79 Å². The van der Waals surface area contributed by atoms with E-state index in [2.05, 4.69) is 5.32 Å². The number of carboxylic acid groups (broad SMARTS) is 1. The monoisotopic (exact) mass is 300 g/mol. The van der Waals surface area contributed by atoms with Crippen molar-refractivity contribution >= 4 is 17.6 Å². The van der Waals surface area contributed by atoms with E-state index in [1.165, 1.54) is 6.07 Å². The van der Waals surface area contributed by atoms with Gasteiger partial charge in [-0.1, -0.05) is 24.3 Å². The topological polar surface area (TPSA) is 87.7 Å². The maximum atomic E-state index is 11.8. The zero-order valence-corrected chi connectivity index (χ0v) is 11.7. The highest BCUT2D eigenvalue weighted by molar-refractivity contribution is 5.92. The van der Waals surface area contributed by atoms with Gasteiger partial charge in [-0.25, -0.2) is 0 Å². The smallest absolute Gasteiger partial charge is 0.262 e. The molecule has 22 heavy (non-hydrogen) atoms. The van der Waals surface area contributed by atoms with E-state index in [9.17, 15) is 14.7 Å². The number of ether oxygens (including phenoxy) is 2. The van der Waals surface area contributed by atoms with Gasteiger partial charge < -0.3 is 24.7 Å². The molecule has 6 heteroatoms. The van der Waals surface area contributed by atoms with Crippen LogP contribution in [0.4, 0.5) is 5.69 Å². The van der Waals surface area contributed by atoms with Crippen molar-refractivity contribution in [2.75, 3.05) is 18.5 Å². The highest BCUT2D eigenvalue weighted by Gasteiger charge is 2.04. The fraction of sp³-hybridized carbons (Fsp3) is 0.125. The summed E-state index contributed by atoms with van der Waals surface area (Å²) in [5.41, 5.74) is 0.484. The van der Waals surface area contributed by atoms with Gasteiger partial charge in [-0.2, -0.15) is 0 Å². The number of anilines is 1.